The number of hydrogen-bond donors (Lipinski definition) is 1. The first-order valence-corrected chi connectivity index (χ1v) is 4.37. The van der Waals surface area contributed by atoms with Crippen LogP contribution in [0.3, 0.4) is 0 Å². The Hall–Kier alpha value is -1.87. The van der Waals surface area contributed by atoms with Gasteiger partial charge in [-0.05, 0) is 11.6 Å². The number of anilines is 1. The maximum absolute atomic E-state index is 10.6. The summed E-state index contributed by atoms with van der Waals surface area (Å²) in [5.41, 5.74) is -0.226. The molecule has 0 atom stereocenters. The van der Waals surface area contributed by atoms with Gasteiger partial charge in [0.25, 0.3) is 0 Å². The molecule has 0 aliphatic heterocycles. The quantitative estimate of drug-likeness (QED) is 0.276. The van der Waals surface area contributed by atoms with E-state index in [9.17, 15) is 10.1 Å². The summed E-state index contributed by atoms with van der Waals surface area (Å²) in [5, 5.41) is 13.2. The lowest BCUT2D eigenvalue weighted by molar-refractivity contribution is -0.384. The number of nitrogens with zero attached hydrogens (tertiary/aromatic N) is 3. The van der Waals surface area contributed by atoms with Gasteiger partial charge in [0.2, 0.25) is 11.1 Å². The Morgan fingerprint density at radius 1 is 1.73 bits per heavy atom. The van der Waals surface area contributed by atoms with E-state index in [1.807, 2.05) is 0 Å². The standard InChI is InChI=1S/C8H7ClN4O2/c1-2-3-4-10-7-6(13(14)15)5-11-8(9)12-7/h1,5H,3-4H2,(H,10,11,12). The van der Waals surface area contributed by atoms with E-state index in [1.165, 1.54) is 0 Å². The minimum absolute atomic E-state index is 0.0520. The lowest BCUT2D eigenvalue weighted by Gasteiger charge is -2.03. The third kappa shape index (κ3) is 3.07. The average molecular weight is 227 g/mol. The largest absolute Gasteiger partial charge is 0.363 e. The highest BCUT2D eigenvalue weighted by Crippen LogP contribution is 2.21. The first-order valence-electron chi connectivity index (χ1n) is 3.99. The highest BCUT2D eigenvalue weighted by Gasteiger charge is 2.15. The van der Waals surface area contributed by atoms with Crippen LogP contribution in [0.1, 0.15) is 6.42 Å². The second-order valence-corrected chi connectivity index (χ2v) is 2.85. The molecule has 1 aromatic heterocycles. The van der Waals surface area contributed by atoms with Crippen molar-refractivity contribution in [3.05, 3.63) is 21.6 Å². The molecule has 0 unspecified atom stereocenters. The van der Waals surface area contributed by atoms with Crippen molar-refractivity contribution in [1.29, 1.82) is 0 Å². The molecule has 1 N–H and O–H groups in total. The molecule has 0 aromatic carbocycles. The third-order valence-corrected chi connectivity index (χ3v) is 1.68. The fourth-order valence-electron chi connectivity index (χ4n) is 0.871. The van der Waals surface area contributed by atoms with Crippen LogP contribution < -0.4 is 5.32 Å². The highest BCUT2D eigenvalue weighted by atomic mass is 35.5. The van der Waals surface area contributed by atoms with E-state index in [0.717, 1.165) is 6.20 Å². The Labute approximate surface area is 90.8 Å². The SMILES string of the molecule is C#CCCNc1nc(Cl)ncc1[N+](=O)[O-]. The molecule has 78 valence electrons. The first kappa shape index (κ1) is 11.2. The predicted octanol–water partition coefficient (Wildman–Crippen LogP) is 1.47. The van der Waals surface area contributed by atoms with Crippen molar-refractivity contribution in [1.82, 2.24) is 9.97 Å². The molecule has 0 amide bonds. The minimum atomic E-state index is -0.589. The van der Waals surface area contributed by atoms with Crippen molar-refractivity contribution in [2.45, 2.75) is 6.42 Å². The molecule has 1 aromatic rings. The van der Waals surface area contributed by atoms with Gasteiger partial charge in [-0.15, -0.1) is 12.3 Å². The molecule has 1 heterocycles. The average Bonchev–Trinajstić information content (AvgIpc) is 2.18. The number of halogens is 1. The number of nitro groups is 1. The molecule has 6 nitrogen and oxygen atoms in total. The van der Waals surface area contributed by atoms with Crippen molar-refractivity contribution < 1.29 is 4.92 Å². The van der Waals surface area contributed by atoms with Gasteiger partial charge in [0.15, 0.2) is 0 Å². The maximum Gasteiger partial charge on any atom is 0.329 e. The van der Waals surface area contributed by atoms with Crippen LogP contribution in [0.25, 0.3) is 0 Å². The van der Waals surface area contributed by atoms with Crippen molar-refractivity contribution in [2.24, 2.45) is 0 Å². The topological polar surface area (TPSA) is 81.0 Å². The Bertz CT molecular complexity index is 416. The Kier molecular flexibility index (Phi) is 3.83. The summed E-state index contributed by atoms with van der Waals surface area (Å²) < 4.78 is 0. The van der Waals surface area contributed by atoms with E-state index in [2.05, 4.69) is 21.2 Å². The summed E-state index contributed by atoms with van der Waals surface area (Å²) >= 11 is 5.51. The molecule has 0 fully saturated rings. The van der Waals surface area contributed by atoms with Crippen molar-refractivity contribution in [3.8, 4) is 12.3 Å². The van der Waals surface area contributed by atoms with Gasteiger partial charge in [0, 0.05) is 13.0 Å². The molecule has 1 rings (SSSR count). The van der Waals surface area contributed by atoms with Gasteiger partial charge in [0.05, 0.1) is 4.92 Å². The van der Waals surface area contributed by atoms with Crippen LogP contribution in [0.15, 0.2) is 6.20 Å². The second kappa shape index (κ2) is 5.12. The van der Waals surface area contributed by atoms with Crippen LogP contribution in [0.5, 0.6) is 0 Å². The Balaban J connectivity index is 2.88. The van der Waals surface area contributed by atoms with E-state index >= 15 is 0 Å². The summed E-state index contributed by atoms with van der Waals surface area (Å²) in [7, 11) is 0. The lowest BCUT2D eigenvalue weighted by atomic mass is 10.4. The van der Waals surface area contributed by atoms with Gasteiger partial charge in [-0.1, -0.05) is 0 Å². The van der Waals surface area contributed by atoms with Crippen LogP contribution in [0.2, 0.25) is 5.28 Å². The summed E-state index contributed by atoms with van der Waals surface area (Å²) in [6.07, 6.45) is 6.53. The van der Waals surface area contributed by atoms with Gasteiger partial charge >= 0.3 is 5.69 Å². The number of nitrogens with one attached hydrogen (secondary N) is 1. The Morgan fingerprint density at radius 3 is 3.07 bits per heavy atom. The molecule has 0 aliphatic carbocycles. The molecular formula is C8H7ClN4O2. The van der Waals surface area contributed by atoms with Gasteiger partial charge in [-0.3, -0.25) is 10.1 Å². The summed E-state index contributed by atoms with van der Waals surface area (Å²) in [6.45, 7) is 0.394. The molecule has 7 heteroatoms. The Morgan fingerprint density at radius 2 is 2.47 bits per heavy atom. The molecule has 0 saturated heterocycles. The van der Waals surface area contributed by atoms with Crippen molar-refractivity contribution >= 4 is 23.1 Å². The predicted molar refractivity (Wildman–Crippen MR) is 55.6 cm³/mol. The molecule has 0 spiro atoms. The van der Waals surface area contributed by atoms with E-state index in [1.54, 1.807) is 0 Å². The fourth-order valence-corrected chi connectivity index (χ4v) is 1.00. The zero-order valence-corrected chi connectivity index (χ0v) is 8.36. The van der Waals surface area contributed by atoms with Crippen LogP contribution in [-0.4, -0.2) is 21.4 Å². The zero-order chi connectivity index (χ0) is 11.3. The van der Waals surface area contributed by atoms with Gasteiger partial charge in [-0.2, -0.15) is 4.98 Å². The van der Waals surface area contributed by atoms with E-state index in [4.69, 9.17) is 18.0 Å². The fraction of sp³-hybridized carbons (Fsp3) is 0.250. The second-order valence-electron chi connectivity index (χ2n) is 2.51. The van der Waals surface area contributed by atoms with Crippen LogP contribution in [0, 0.1) is 22.5 Å². The van der Waals surface area contributed by atoms with Gasteiger partial charge in [-0.25, -0.2) is 4.98 Å². The van der Waals surface area contributed by atoms with E-state index in [-0.39, 0.29) is 16.8 Å². The minimum Gasteiger partial charge on any atom is -0.363 e. The third-order valence-electron chi connectivity index (χ3n) is 1.50. The van der Waals surface area contributed by atoms with Gasteiger partial charge in [0.1, 0.15) is 6.20 Å². The zero-order valence-electron chi connectivity index (χ0n) is 7.61. The normalized spacial score (nSPS) is 9.33. The molecule has 0 saturated carbocycles. The number of terminal acetylenes is 1. The van der Waals surface area contributed by atoms with Crippen LogP contribution in [-0.2, 0) is 0 Å². The number of hydrogen-bond acceptors (Lipinski definition) is 5. The molecule has 0 bridgehead atoms. The maximum atomic E-state index is 10.6. The number of aromatic nitrogens is 2. The molecule has 0 radical (unpaired) electrons. The molecule has 15 heavy (non-hydrogen) atoms. The first-order chi connectivity index (χ1) is 7.15. The molecular weight excluding hydrogens is 220 g/mol. The van der Waals surface area contributed by atoms with Crippen LogP contribution in [0.4, 0.5) is 11.5 Å². The van der Waals surface area contributed by atoms with E-state index in [0.29, 0.717) is 13.0 Å². The van der Waals surface area contributed by atoms with Crippen molar-refractivity contribution in [2.75, 3.05) is 11.9 Å². The molecule has 0 aliphatic rings. The summed E-state index contributed by atoms with van der Waals surface area (Å²) in [5.74, 6) is 2.47. The van der Waals surface area contributed by atoms with Gasteiger partial charge < -0.3 is 5.32 Å². The van der Waals surface area contributed by atoms with Crippen LogP contribution >= 0.6 is 11.6 Å². The summed E-state index contributed by atoms with van der Waals surface area (Å²) in [6, 6.07) is 0. The van der Waals surface area contributed by atoms with E-state index < -0.39 is 4.92 Å². The number of rotatable bonds is 4. The monoisotopic (exact) mass is 226 g/mol. The lowest BCUT2D eigenvalue weighted by Crippen LogP contribution is -2.06. The smallest absolute Gasteiger partial charge is 0.329 e. The summed E-state index contributed by atoms with van der Waals surface area (Å²) in [4.78, 5) is 17.2. The highest BCUT2D eigenvalue weighted by molar-refractivity contribution is 6.28. The van der Waals surface area contributed by atoms with Crippen molar-refractivity contribution in [3.63, 3.8) is 0 Å².